The van der Waals surface area contributed by atoms with E-state index < -0.39 is 17.1 Å². The van der Waals surface area contributed by atoms with Gasteiger partial charge in [-0.1, -0.05) is 0 Å². The van der Waals surface area contributed by atoms with Gasteiger partial charge in [0.05, 0.1) is 34.8 Å². The first kappa shape index (κ1) is 24.2. The molecule has 3 rings (SSSR count). The number of benzene rings is 1. The van der Waals surface area contributed by atoms with Crippen molar-refractivity contribution in [2.45, 2.75) is 33.4 Å². The minimum absolute atomic E-state index is 0.00625. The molecule has 1 aromatic carbocycles. The minimum atomic E-state index is -0.630. The van der Waals surface area contributed by atoms with Gasteiger partial charge in [-0.15, -0.1) is 0 Å². The summed E-state index contributed by atoms with van der Waals surface area (Å²) in [7, 11) is 1.24. The number of amides is 2. The fraction of sp³-hybridized carbons (Fsp3) is 0.318. The van der Waals surface area contributed by atoms with Crippen LogP contribution in [0.25, 0.3) is 6.08 Å². The van der Waals surface area contributed by atoms with Gasteiger partial charge in [-0.25, -0.2) is 4.79 Å². The van der Waals surface area contributed by atoms with Crippen molar-refractivity contribution in [2.75, 3.05) is 13.7 Å². The maximum Gasteiger partial charge on any atom is 0.373 e. The summed E-state index contributed by atoms with van der Waals surface area (Å²) in [6.07, 6.45) is 1.63. The number of ether oxygens (including phenoxy) is 3. The average Bonchev–Trinajstić information content (AvgIpc) is 3.30. The molecule has 1 aliphatic heterocycles. The molecule has 2 aromatic rings. The first-order valence-electron chi connectivity index (χ1n) is 9.78. The van der Waals surface area contributed by atoms with Crippen molar-refractivity contribution in [3.63, 3.8) is 0 Å². The van der Waals surface area contributed by atoms with Crippen LogP contribution in [-0.2, 0) is 16.1 Å². The topological polar surface area (TPSA) is 95.3 Å². The van der Waals surface area contributed by atoms with Crippen molar-refractivity contribution in [1.29, 1.82) is 0 Å². The Morgan fingerprint density at radius 1 is 1.28 bits per heavy atom. The number of thioether (sulfide) groups is 1. The van der Waals surface area contributed by atoms with Crippen LogP contribution in [0.4, 0.5) is 4.79 Å². The molecule has 1 fully saturated rings. The van der Waals surface area contributed by atoms with Crippen LogP contribution in [0.2, 0.25) is 0 Å². The second kappa shape index (κ2) is 10.4. The highest BCUT2D eigenvalue weighted by Crippen LogP contribution is 2.38. The van der Waals surface area contributed by atoms with E-state index in [1.807, 2.05) is 26.8 Å². The van der Waals surface area contributed by atoms with Gasteiger partial charge >= 0.3 is 5.97 Å². The summed E-state index contributed by atoms with van der Waals surface area (Å²) in [6.45, 7) is 6.12. The summed E-state index contributed by atoms with van der Waals surface area (Å²) in [5, 5.41) is -0.420. The van der Waals surface area contributed by atoms with Crippen molar-refractivity contribution in [1.82, 2.24) is 4.90 Å². The highest BCUT2D eigenvalue weighted by Gasteiger charge is 2.36. The van der Waals surface area contributed by atoms with Gasteiger partial charge in [0, 0.05) is 0 Å². The van der Waals surface area contributed by atoms with Crippen LogP contribution < -0.4 is 9.47 Å². The second-order valence-electron chi connectivity index (χ2n) is 6.96. The van der Waals surface area contributed by atoms with Crippen molar-refractivity contribution in [2.24, 2.45) is 0 Å². The van der Waals surface area contributed by atoms with Crippen molar-refractivity contribution >= 4 is 57.5 Å². The van der Waals surface area contributed by atoms with E-state index in [0.717, 1.165) is 20.2 Å². The van der Waals surface area contributed by atoms with Crippen molar-refractivity contribution in [3.8, 4) is 11.5 Å². The monoisotopic (exact) mass is 571 g/mol. The van der Waals surface area contributed by atoms with E-state index in [-0.39, 0.29) is 23.3 Å². The number of esters is 1. The molecule has 0 atom stereocenters. The number of methoxy groups -OCH3 is 1. The summed E-state index contributed by atoms with van der Waals surface area (Å²) in [4.78, 5) is 38.2. The van der Waals surface area contributed by atoms with E-state index in [4.69, 9.17) is 13.9 Å². The Labute approximate surface area is 203 Å². The summed E-state index contributed by atoms with van der Waals surface area (Å²) >= 11 is 3.00. The zero-order chi connectivity index (χ0) is 23.4. The van der Waals surface area contributed by atoms with Crippen LogP contribution in [0.1, 0.15) is 42.6 Å². The van der Waals surface area contributed by atoms with Gasteiger partial charge in [-0.3, -0.25) is 14.5 Å². The number of rotatable bonds is 8. The third kappa shape index (κ3) is 5.47. The van der Waals surface area contributed by atoms with Crippen LogP contribution in [0.3, 0.4) is 0 Å². The molecule has 0 spiro atoms. The molecule has 170 valence electrons. The molecule has 0 saturated carbocycles. The van der Waals surface area contributed by atoms with E-state index in [1.54, 1.807) is 12.1 Å². The maximum absolute atomic E-state index is 12.9. The lowest BCUT2D eigenvalue weighted by Gasteiger charge is -2.17. The molecule has 0 radical (unpaired) electrons. The smallest absolute Gasteiger partial charge is 0.373 e. The molecular formula is C22H22INO7S. The number of halogens is 1. The molecular weight excluding hydrogens is 549 g/mol. The molecule has 0 bridgehead atoms. The van der Waals surface area contributed by atoms with E-state index in [2.05, 4.69) is 27.3 Å². The summed E-state index contributed by atoms with van der Waals surface area (Å²) in [5.41, 5.74) is 0.713. The molecule has 1 saturated heterocycles. The molecule has 8 nitrogen and oxygen atoms in total. The van der Waals surface area contributed by atoms with Crippen molar-refractivity contribution in [3.05, 3.63) is 49.8 Å². The minimum Gasteiger partial charge on any atom is -0.490 e. The molecule has 10 heteroatoms. The third-order valence-electron chi connectivity index (χ3n) is 4.22. The highest BCUT2D eigenvalue weighted by molar-refractivity contribution is 14.1. The van der Waals surface area contributed by atoms with E-state index in [1.165, 1.54) is 19.2 Å². The van der Waals surface area contributed by atoms with E-state index in [9.17, 15) is 14.4 Å². The molecule has 0 N–H and O–H groups in total. The lowest BCUT2D eigenvalue weighted by molar-refractivity contribution is -0.123. The molecule has 2 heterocycles. The molecule has 2 amide bonds. The first-order valence-corrected chi connectivity index (χ1v) is 11.7. The number of carbonyl (C=O) groups excluding carboxylic acids is 3. The van der Waals surface area contributed by atoms with E-state index >= 15 is 0 Å². The van der Waals surface area contributed by atoms with Gasteiger partial charge < -0.3 is 18.6 Å². The van der Waals surface area contributed by atoms with Gasteiger partial charge in [-0.05, 0) is 91.0 Å². The van der Waals surface area contributed by atoms with Crippen molar-refractivity contribution < 1.29 is 33.0 Å². The zero-order valence-electron chi connectivity index (χ0n) is 18.0. The standard InChI is InChI=1S/C22H22INO7S/c1-5-29-17-9-13(8-15(23)19(17)30-12(2)3)10-18-20(25)24(22(27)32-18)11-14-6-7-16(31-14)21(26)28-4/h6-10,12H,5,11H2,1-4H3/b18-10+. The quantitative estimate of drug-likeness (QED) is 0.246. The number of furan rings is 1. The van der Waals surface area contributed by atoms with Gasteiger partial charge in [0.25, 0.3) is 11.1 Å². The first-order chi connectivity index (χ1) is 15.2. The highest BCUT2D eigenvalue weighted by atomic mass is 127. The van der Waals surface area contributed by atoms with Gasteiger partial charge in [-0.2, -0.15) is 0 Å². The fourth-order valence-corrected chi connectivity index (χ4v) is 4.49. The number of hydrogen-bond donors (Lipinski definition) is 0. The predicted molar refractivity (Wildman–Crippen MR) is 128 cm³/mol. The number of imide groups is 1. The third-order valence-corrected chi connectivity index (χ3v) is 5.93. The molecule has 0 aliphatic carbocycles. The molecule has 0 unspecified atom stereocenters. The Bertz CT molecular complexity index is 1080. The molecule has 1 aliphatic rings. The van der Waals surface area contributed by atoms with Gasteiger partial charge in [0.2, 0.25) is 5.76 Å². The Morgan fingerprint density at radius 3 is 2.69 bits per heavy atom. The Kier molecular flexibility index (Phi) is 7.88. The number of nitrogens with zero attached hydrogens (tertiary/aromatic N) is 1. The van der Waals surface area contributed by atoms with Crippen LogP contribution in [-0.4, -0.2) is 41.8 Å². The van der Waals surface area contributed by atoms with Crippen LogP contribution >= 0.6 is 34.4 Å². The van der Waals surface area contributed by atoms with Crippen LogP contribution in [0, 0.1) is 3.57 Å². The van der Waals surface area contributed by atoms with Crippen LogP contribution in [0.5, 0.6) is 11.5 Å². The van der Waals surface area contributed by atoms with E-state index in [0.29, 0.717) is 29.4 Å². The number of hydrogen-bond acceptors (Lipinski definition) is 8. The Balaban J connectivity index is 1.83. The fourth-order valence-electron chi connectivity index (χ4n) is 2.90. The number of carbonyl (C=O) groups is 3. The normalized spacial score (nSPS) is 15.1. The summed E-state index contributed by atoms with van der Waals surface area (Å²) in [5.74, 6) is 0.460. The maximum atomic E-state index is 12.9. The zero-order valence-corrected chi connectivity index (χ0v) is 20.9. The second-order valence-corrected chi connectivity index (χ2v) is 9.11. The summed E-state index contributed by atoms with van der Waals surface area (Å²) in [6, 6.07) is 6.62. The Hall–Kier alpha value is -2.47. The lowest BCUT2D eigenvalue weighted by Crippen LogP contribution is -2.27. The SMILES string of the molecule is CCOc1cc(/C=C2/SC(=O)N(Cc3ccc(C(=O)OC)o3)C2=O)cc(I)c1OC(C)C. The Morgan fingerprint density at radius 2 is 2.03 bits per heavy atom. The molecule has 1 aromatic heterocycles. The predicted octanol–water partition coefficient (Wildman–Crippen LogP) is 5.09. The average molecular weight is 571 g/mol. The van der Waals surface area contributed by atoms with Gasteiger partial charge in [0.1, 0.15) is 5.76 Å². The van der Waals surface area contributed by atoms with Crippen LogP contribution in [0.15, 0.2) is 33.6 Å². The van der Waals surface area contributed by atoms with Gasteiger partial charge in [0.15, 0.2) is 11.5 Å². The summed E-state index contributed by atoms with van der Waals surface area (Å²) < 4.78 is 22.4. The lowest BCUT2D eigenvalue weighted by atomic mass is 10.1. The molecule has 32 heavy (non-hydrogen) atoms. The largest absolute Gasteiger partial charge is 0.490 e.